The molecule has 0 radical (unpaired) electrons. The number of hydrogen-bond donors (Lipinski definition) is 2. The molecule has 8 nitrogen and oxygen atoms in total. The number of hydrogen-bond acceptors (Lipinski definition) is 5. The van der Waals surface area contributed by atoms with E-state index < -0.39 is 27.9 Å². The molecule has 10 heteroatoms. The van der Waals surface area contributed by atoms with E-state index in [9.17, 15) is 17.6 Å². The van der Waals surface area contributed by atoms with Crippen molar-refractivity contribution < 1.29 is 22.3 Å². The zero-order valence-corrected chi connectivity index (χ0v) is 17.5. The number of nitrogens with zero attached hydrogens (tertiary/aromatic N) is 2. The van der Waals surface area contributed by atoms with Crippen LogP contribution in [-0.4, -0.2) is 49.2 Å². The zero-order chi connectivity index (χ0) is 21.5. The van der Waals surface area contributed by atoms with Crippen molar-refractivity contribution >= 4 is 16.1 Å². The van der Waals surface area contributed by atoms with Gasteiger partial charge < -0.3 is 15.0 Å². The van der Waals surface area contributed by atoms with Gasteiger partial charge in [-0.1, -0.05) is 12.1 Å². The second kappa shape index (κ2) is 7.84. The number of urea groups is 1. The lowest BCUT2D eigenvalue weighted by atomic mass is 10.0. The molecule has 2 N–H and O–H groups in total. The van der Waals surface area contributed by atoms with Crippen molar-refractivity contribution in [3.05, 3.63) is 53.0 Å². The van der Waals surface area contributed by atoms with Crippen LogP contribution in [0.5, 0.6) is 11.6 Å². The Bertz CT molecular complexity index is 1090. The van der Waals surface area contributed by atoms with Gasteiger partial charge in [-0.15, -0.1) is 0 Å². The molecule has 1 aromatic carbocycles. The predicted octanol–water partition coefficient (Wildman–Crippen LogP) is 2.08. The second-order valence-corrected chi connectivity index (χ2v) is 9.48. The third-order valence-corrected chi connectivity index (χ3v) is 6.08. The number of nitrogens with one attached hydrogen (secondary N) is 2. The zero-order valence-electron chi connectivity index (χ0n) is 16.7. The molecule has 160 valence electrons. The standard InChI is InChI=1S/C20H23FN4O4S/c1-12-3-5-14-11-22-20(26)25-8-7-16(24-30(2,27)28)17(25)9-13-4-6-15(21)18(10-13)29-19(12)23-14/h3-6,10,16-17,24H,7-9,11H2,1-2H3,(H,22,26)/t16-,17-/m1/s1. The summed E-state index contributed by atoms with van der Waals surface area (Å²) in [6.45, 7) is 2.38. The van der Waals surface area contributed by atoms with Crippen molar-refractivity contribution in [2.45, 2.75) is 38.4 Å². The third-order valence-electron chi connectivity index (χ3n) is 5.35. The van der Waals surface area contributed by atoms with Crippen LogP contribution in [0.25, 0.3) is 0 Å². The summed E-state index contributed by atoms with van der Waals surface area (Å²) in [4.78, 5) is 18.9. The van der Waals surface area contributed by atoms with Crippen LogP contribution < -0.4 is 14.8 Å². The number of carbonyl (C=O) groups is 1. The molecule has 2 amide bonds. The van der Waals surface area contributed by atoms with Crippen molar-refractivity contribution in [2.75, 3.05) is 12.8 Å². The lowest BCUT2D eigenvalue weighted by molar-refractivity contribution is 0.188. The van der Waals surface area contributed by atoms with Crippen LogP contribution in [0.1, 0.15) is 23.2 Å². The van der Waals surface area contributed by atoms with Gasteiger partial charge >= 0.3 is 6.03 Å². The topological polar surface area (TPSA) is 101 Å². The number of pyridine rings is 1. The highest BCUT2D eigenvalue weighted by Gasteiger charge is 2.38. The van der Waals surface area contributed by atoms with Gasteiger partial charge in [0.2, 0.25) is 15.9 Å². The van der Waals surface area contributed by atoms with Crippen LogP contribution in [0.2, 0.25) is 0 Å². The summed E-state index contributed by atoms with van der Waals surface area (Å²) in [6.07, 6.45) is 1.93. The first-order chi connectivity index (χ1) is 14.2. The minimum Gasteiger partial charge on any atom is -0.436 e. The Labute approximate surface area is 174 Å². The highest BCUT2D eigenvalue weighted by atomic mass is 32.2. The number of sulfonamides is 1. The van der Waals surface area contributed by atoms with Gasteiger partial charge in [-0.2, -0.15) is 0 Å². The van der Waals surface area contributed by atoms with Crippen LogP contribution in [0.3, 0.4) is 0 Å². The number of amides is 2. The summed E-state index contributed by atoms with van der Waals surface area (Å²) in [5.41, 5.74) is 2.04. The summed E-state index contributed by atoms with van der Waals surface area (Å²) in [5, 5.41) is 2.84. The maximum Gasteiger partial charge on any atom is 0.318 e. The van der Waals surface area contributed by atoms with E-state index in [0.29, 0.717) is 25.1 Å². The first-order valence-corrected chi connectivity index (χ1v) is 11.5. The number of ether oxygens (including phenoxy) is 1. The molecule has 3 heterocycles. The molecule has 0 aliphatic carbocycles. The smallest absolute Gasteiger partial charge is 0.318 e. The molecule has 2 atom stereocenters. The Balaban J connectivity index is 1.75. The number of benzene rings is 1. The number of halogens is 1. The fraction of sp³-hybridized carbons (Fsp3) is 0.400. The average Bonchev–Trinajstić information content (AvgIpc) is 3.04. The van der Waals surface area contributed by atoms with Crippen LogP contribution in [-0.2, 0) is 23.0 Å². The highest BCUT2D eigenvalue weighted by Crippen LogP contribution is 2.30. The lowest BCUT2D eigenvalue weighted by Crippen LogP contribution is -2.50. The van der Waals surface area contributed by atoms with E-state index in [0.717, 1.165) is 17.4 Å². The molecule has 4 bridgehead atoms. The molecule has 2 aliphatic rings. The molecule has 4 rings (SSSR count). The highest BCUT2D eigenvalue weighted by molar-refractivity contribution is 7.88. The maximum atomic E-state index is 14.4. The van der Waals surface area contributed by atoms with Crippen molar-refractivity contribution in [1.29, 1.82) is 0 Å². The Morgan fingerprint density at radius 2 is 2.10 bits per heavy atom. The summed E-state index contributed by atoms with van der Waals surface area (Å²) in [6, 6.07) is 6.91. The van der Waals surface area contributed by atoms with Gasteiger partial charge in [-0.3, -0.25) is 0 Å². The fourth-order valence-corrected chi connectivity index (χ4v) is 4.71. The number of aromatic nitrogens is 1. The SMILES string of the molecule is Cc1ccc2nc1Oc1cc(ccc1F)C[C@@H]1[C@H](NS(C)(=O)=O)CCN1C(=O)NC2. The van der Waals surface area contributed by atoms with E-state index in [1.54, 1.807) is 29.2 Å². The van der Waals surface area contributed by atoms with Crippen molar-refractivity contribution in [3.63, 3.8) is 0 Å². The Morgan fingerprint density at radius 1 is 1.30 bits per heavy atom. The van der Waals surface area contributed by atoms with Gasteiger partial charge in [0.25, 0.3) is 0 Å². The van der Waals surface area contributed by atoms with Gasteiger partial charge in [-0.25, -0.2) is 27.3 Å². The number of carbonyl (C=O) groups excluding carboxylic acids is 1. The average molecular weight is 434 g/mol. The van der Waals surface area contributed by atoms with Gasteiger partial charge in [-0.05, 0) is 43.5 Å². The summed E-state index contributed by atoms with van der Waals surface area (Å²) >= 11 is 0. The van der Waals surface area contributed by atoms with E-state index in [2.05, 4.69) is 15.0 Å². The number of rotatable bonds is 2. The Kier molecular flexibility index (Phi) is 5.37. The summed E-state index contributed by atoms with van der Waals surface area (Å²) in [5.74, 6) is -0.214. The minimum absolute atomic E-state index is 0.0379. The molecular formula is C20H23FN4O4S. The molecule has 0 unspecified atom stereocenters. The molecule has 2 aliphatic heterocycles. The maximum absolute atomic E-state index is 14.4. The van der Waals surface area contributed by atoms with Crippen molar-refractivity contribution in [1.82, 2.24) is 19.9 Å². The second-order valence-electron chi connectivity index (χ2n) is 7.70. The molecular weight excluding hydrogens is 411 g/mol. The first kappa shape index (κ1) is 20.5. The fourth-order valence-electron chi connectivity index (χ4n) is 3.89. The molecule has 1 fully saturated rings. The van der Waals surface area contributed by atoms with Crippen molar-refractivity contribution in [2.24, 2.45) is 0 Å². The first-order valence-electron chi connectivity index (χ1n) is 9.64. The molecule has 1 saturated heterocycles. The Morgan fingerprint density at radius 3 is 2.87 bits per heavy atom. The van der Waals surface area contributed by atoms with Crippen LogP contribution in [0, 0.1) is 12.7 Å². The van der Waals surface area contributed by atoms with E-state index >= 15 is 0 Å². The third kappa shape index (κ3) is 4.39. The van der Waals surface area contributed by atoms with Gasteiger partial charge in [0.1, 0.15) is 0 Å². The van der Waals surface area contributed by atoms with E-state index in [1.165, 1.54) is 6.07 Å². The molecule has 0 saturated carbocycles. The molecule has 1 aromatic heterocycles. The normalized spacial score (nSPS) is 21.6. The summed E-state index contributed by atoms with van der Waals surface area (Å²) in [7, 11) is -3.45. The van der Waals surface area contributed by atoms with Gasteiger partial charge in [0, 0.05) is 18.2 Å². The number of aryl methyl sites for hydroxylation is 1. The van der Waals surface area contributed by atoms with Crippen molar-refractivity contribution in [3.8, 4) is 11.6 Å². The van der Waals surface area contributed by atoms with E-state index in [1.807, 2.05) is 6.92 Å². The molecule has 2 aromatic rings. The number of fused-ring (bicyclic) bond motifs is 5. The lowest BCUT2D eigenvalue weighted by Gasteiger charge is -2.28. The minimum atomic E-state index is -3.45. The van der Waals surface area contributed by atoms with Gasteiger partial charge in [0.15, 0.2) is 11.6 Å². The molecule has 0 spiro atoms. The Hall–Kier alpha value is -2.72. The largest absolute Gasteiger partial charge is 0.436 e. The monoisotopic (exact) mass is 434 g/mol. The van der Waals surface area contributed by atoms with Crippen LogP contribution >= 0.6 is 0 Å². The predicted molar refractivity (Wildman–Crippen MR) is 108 cm³/mol. The summed E-state index contributed by atoms with van der Waals surface area (Å²) < 4.78 is 46.4. The molecule has 30 heavy (non-hydrogen) atoms. The quantitative estimate of drug-likeness (QED) is 0.754. The van der Waals surface area contributed by atoms with Gasteiger partial charge in [0.05, 0.1) is 24.5 Å². The van der Waals surface area contributed by atoms with Crippen LogP contribution in [0.15, 0.2) is 30.3 Å². The van der Waals surface area contributed by atoms with E-state index in [4.69, 9.17) is 4.74 Å². The van der Waals surface area contributed by atoms with E-state index in [-0.39, 0.29) is 24.2 Å². The van der Waals surface area contributed by atoms with Crippen LogP contribution in [0.4, 0.5) is 9.18 Å².